The van der Waals surface area contributed by atoms with Crippen molar-refractivity contribution in [2.45, 2.75) is 20.3 Å². The molecule has 1 heterocycles. The molecule has 0 radical (unpaired) electrons. The van der Waals surface area contributed by atoms with Crippen molar-refractivity contribution in [2.24, 2.45) is 0 Å². The van der Waals surface area contributed by atoms with Gasteiger partial charge < -0.3 is 19.7 Å². The molecule has 0 saturated heterocycles. The van der Waals surface area contributed by atoms with Crippen LogP contribution >= 0.6 is 0 Å². The predicted molar refractivity (Wildman–Crippen MR) is 81.9 cm³/mol. The molecule has 5 nitrogen and oxygen atoms in total. The van der Waals surface area contributed by atoms with Gasteiger partial charge in [0.05, 0.1) is 6.42 Å². The van der Waals surface area contributed by atoms with Crippen molar-refractivity contribution in [3.05, 3.63) is 23.8 Å². The monoisotopic (exact) mass is 292 g/mol. The summed E-state index contributed by atoms with van der Waals surface area (Å²) in [6.07, 6.45) is 0.370. The van der Waals surface area contributed by atoms with Gasteiger partial charge in [-0.3, -0.25) is 4.79 Å². The molecule has 0 saturated carbocycles. The number of benzene rings is 1. The van der Waals surface area contributed by atoms with Crippen molar-refractivity contribution < 1.29 is 14.3 Å². The first-order chi connectivity index (χ1) is 10.2. The van der Waals surface area contributed by atoms with E-state index < -0.39 is 0 Å². The minimum absolute atomic E-state index is 0.0406. The zero-order valence-electron chi connectivity index (χ0n) is 12.9. The van der Waals surface area contributed by atoms with Gasteiger partial charge in [0.1, 0.15) is 13.2 Å². The van der Waals surface area contributed by atoms with Crippen LogP contribution in [0.3, 0.4) is 0 Å². The molecule has 1 N–H and O–H groups in total. The number of nitrogens with one attached hydrogen (secondary N) is 1. The molecule has 0 aromatic heterocycles. The normalized spacial score (nSPS) is 13.3. The molecule has 1 aliphatic rings. The fourth-order valence-corrected chi connectivity index (χ4v) is 2.34. The summed E-state index contributed by atoms with van der Waals surface area (Å²) >= 11 is 0. The fourth-order valence-electron chi connectivity index (χ4n) is 2.34. The van der Waals surface area contributed by atoms with Crippen LogP contribution < -0.4 is 14.8 Å². The molecule has 5 heteroatoms. The zero-order chi connectivity index (χ0) is 15.1. The maximum Gasteiger partial charge on any atom is 0.224 e. The number of fused-ring (bicyclic) bond motifs is 1. The number of likely N-dealkylation sites (N-methyl/N-ethyl adjacent to an activating group) is 1. The molecule has 1 aromatic carbocycles. The molecule has 0 spiro atoms. The van der Waals surface area contributed by atoms with Gasteiger partial charge in [0.15, 0.2) is 11.5 Å². The first kappa shape index (κ1) is 15.6. The fraction of sp³-hybridized carbons (Fsp3) is 0.562. The van der Waals surface area contributed by atoms with Crippen molar-refractivity contribution in [3.63, 3.8) is 0 Å². The largest absolute Gasteiger partial charge is 0.486 e. The van der Waals surface area contributed by atoms with Crippen LogP contribution in [0.4, 0.5) is 0 Å². The van der Waals surface area contributed by atoms with Gasteiger partial charge in [-0.25, -0.2) is 0 Å². The quantitative estimate of drug-likeness (QED) is 0.826. The molecule has 0 fully saturated rings. The van der Waals surface area contributed by atoms with E-state index in [0.717, 1.165) is 36.7 Å². The van der Waals surface area contributed by atoms with Crippen LogP contribution in [0.2, 0.25) is 0 Å². The number of ether oxygens (including phenoxy) is 2. The second-order valence-corrected chi connectivity index (χ2v) is 5.03. The lowest BCUT2D eigenvalue weighted by atomic mass is 10.1. The lowest BCUT2D eigenvalue weighted by Gasteiger charge is -2.19. The van der Waals surface area contributed by atoms with Gasteiger partial charge in [-0.15, -0.1) is 0 Å². The molecular weight excluding hydrogens is 268 g/mol. The van der Waals surface area contributed by atoms with Crippen molar-refractivity contribution >= 4 is 5.91 Å². The minimum atomic E-state index is 0.0406. The highest BCUT2D eigenvalue weighted by Crippen LogP contribution is 2.30. The Morgan fingerprint density at radius 2 is 1.90 bits per heavy atom. The summed E-state index contributed by atoms with van der Waals surface area (Å²) in [5.74, 6) is 1.53. The molecule has 2 rings (SSSR count). The Morgan fingerprint density at radius 1 is 1.19 bits per heavy atom. The SMILES string of the molecule is CCN(CC)CCNC(=O)Cc1ccc2c(c1)OCCO2. The third-order valence-electron chi connectivity index (χ3n) is 3.62. The van der Waals surface area contributed by atoms with Crippen molar-refractivity contribution in [3.8, 4) is 11.5 Å². The topological polar surface area (TPSA) is 50.8 Å². The summed E-state index contributed by atoms with van der Waals surface area (Å²) in [5.41, 5.74) is 0.944. The Labute approximate surface area is 126 Å². The summed E-state index contributed by atoms with van der Waals surface area (Å²) in [7, 11) is 0. The molecule has 1 amide bonds. The van der Waals surface area contributed by atoms with Crippen LogP contribution in [-0.4, -0.2) is 50.2 Å². The Hall–Kier alpha value is -1.75. The second-order valence-electron chi connectivity index (χ2n) is 5.03. The van der Waals surface area contributed by atoms with Gasteiger partial charge in [0.25, 0.3) is 0 Å². The van der Waals surface area contributed by atoms with Gasteiger partial charge in [-0.1, -0.05) is 19.9 Å². The highest BCUT2D eigenvalue weighted by molar-refractivity contribution is 5.78. The van der Waals surface area contributed by atoms with Crippen LogP contribution in [0.15, 0.2) is 18.2 Å². The van der Waals surface area contributed by atoms with Gasteiger partial charge >= 0.3 is 0 Å². The van der Waals surface area contributed by atoms with E-state index in [1.807, 2.05) is 18.2 Å². The molecule has 1 aromatic rings. The number of hydrogen-bond donors (Lipinski definition) is 1. The summed E-state index contributed by atoms with van der Waals surface area (Å²) in [5, 5.41) is 2.96. The summed E-state index contributed by atoms with van der Waals surface area (Å²) in [6.45, 7) is 8.99. The number of rotatable bonds is 7. The Balaban J connectivity index is 1.80. The van der Waals surface area contributed by atoms with E-state index in [9.17, 15) is 4.79 Å². The lowest BCUT2D eigenvalue weighted by molar-refractivity contribution is -0.120. The van der Waals surface area contributed by atoms with E-state index in [0.29, 0.717) is 26.2 Å². The van der Waals surface area contributed by atoms with Gasteiger partial charge in [-0.2, -0.15) is 0 Å². The number of amides is 1. The van der Waals surface area contributed by atoms with Crippen molar-refractivity contribution in [2.75, 3.05) is 39.4 Å². The van der Waals surface area contributed by atoms with E-state index in [1.54, 1.807) is 0 Å². The maximum atomic E-state index is 11.9. The molecule has 0 bridgehead atoms. The average Bonchev–Trinajstić information content (AvgIpc) is 2.51. The van der Waals surface area contributed by atoms with Crippen LogP contribution in [0.25, 0.3) is 0 Å². The van der Waals surface area contributed by atoms with Crippen molar-refractivity contribution in [1.82, 2.24) is 10.2 Å². The molecule has 1 aliphatic heterocycles. The second kappa shape index (κ2) is 7.88. The van der Waals surface area contributed by atoms with E-state index in [2.05, 4.69) is 24.1 Å². The summed E-state index contributed by atoms with van der Waals surface area (Å²) < 4.78 is 11.0. The third-order valence-corrected chi connectivity index (χ3v) is 3.62. The predicted octanol–water partition coefficient (Wildman–Crippen LogP) is 1.46. The van der Waals surface area contributed by atoms with Crippen LogP contribution in [-0.2, 0) is 11.2 Å². The summed E-state index contributed by atoms with van der Waals surface area (Å²) in [6, 6.07) is 5.67. The molecule has 0 aliphatic carbocycles. The molecular formula is C16H24N2O3. The van der Waals surface area contributed by atoms with E-state index in [-0.39, 0.29) is 5.91 Å². The Kier molecular flexibility index (Phi) is 5.87. The Morgan fingerprint density at radius 3 is 2.62 bits per heavy atom. The summed E-state index contributed by atoms with van der Waals surface area (Å²) in [4.78, 5) is 14.2. The first-order valence-electron chi connectivity index (χ1n) is 7.60. The number of hydrogen-bond acceptors (Lipinski definition) is 4. The van der Waals surface area contributed by atoms with Crippen LogP contribution in [0.5, 0.6) is 11.5 Å². The lowest BCUT2D eigenvalue weighted by Crippen LogP contribution is -2.35. The maximum absolute atomic E-state index is 11.9. The molecule has 0 unspecified atom stereocenters. The van der Waals surface area contributed by atoms with Crippen LogP contribution in [0, 0.1) is 0 Å². The van der Waals surface area contributed by atoms with E-state index in [4.69, 9.17) is 9.47 Å². The highest BCUT2D eigenvalue weighted by atomic mass is 16.6. The zero-order valence-corrected chi connectivity index (χ0v) is 12.9. The van der Waals surface area contributed by atoms with Crippen molar-refractivity contribution in [1.29, 1.82) is 0 Å². The van der Waals surface area contributed by atoms with Gasteiger partial charge in [0.2, 0.25) is 5.91 Å². The minimum Gasteiger partial charge on any atom is -0.486 e. The Bertz CT molecular complexity index is 473. The standard InChI is InChI=1S/C16H24N2O3/c1-3-18(4-2)8-7-17-16(19)12-13-5-6-14-15(11-13)21-10-9-20-14/h5-6,11H,3-4,7-10,12H2,1-2H3,(H,17,19). The van der Waals surface area contributed by atoms with Gasteiger partial charge in [-0.05, 0) is 30.8 Å². The molecule has 21 heavy (non-hydrogen) atoms. The smallest absolute Gasteiger partial charge is 0.224 e. The van der Waals surface area contributed by atoms with Gasteiger partial charge in [0, 0.05) is 13.1 Å². The van der Waals surface area contributed by atoms with Crippen LogP contribution in [0.1, 0.15) is 19.4 Å². The van der Waals surface area contributed by atoms with E-state index >= 15 is 0 Å². The molecule has 116 valence electrons. The molecule has 0 atom stereocenters. The third kappa shape index (κ3) is 4.63. The number of carbonyl (C=O) groups is 1. The average molecular weight is 292 g/mol. The first-order valence-corrected chi connectivity index (χ1v) is 7.60. The number of carbonyl (C=O) groups excluding carboxylic acids is 1. The van der Waals surface area contributed by atoms with E-state index in [1.165, 1.54) is 0 Å². The number of nitrogens with zero attached hydrogens (tertiary/aromatic N) is 1. The highest BCUT2D eigenvalue weighted by Gasteiger charge is 2.13.